The molecule has 0 spiro atoms. The number of rotatable bonds is 7. The van der Waals surface area contributed by atoms with Gasteiger partial charge in [-0.2, -0.15) is 0 Å². The summed E-state index contributed by atoms with van der Waals surface area (Å²) in [7, 11) is 0. The summed E-state index contributed by atoms with van der Waals surface area (Å²) in [4.78, 5) is 25.8. The predicted molar refractivity (Wildman–Crippen MR) is 90.7 cm³/mol. The van der Waals surface area contributed by atoms with E-state index in [1.807, 2.05) is 18.7 Å². The second-order valence-corrected chi connectivity index (χ2v) is 5.04. The summed E-state index contributed by atoms with van der Waals surface area (Å²) >= 11 is 0. The normalized spacial score (nSPS) is 10.3. The van der Waals surface area contributed by atoms with Crippen LogP contribution >= 0.6 is 12.4 Å². The first-order valence-electron chi connectivity index (χ1n) is 7.29. The van der Waals surface area contributed by atoms with Gasteiger partial charge in [0.1, 0.15) is 0 Å². The van der Waals surface area contributed by atoms with Crippen molar-refractivity contribution in [3.05, 3.63) is 29.8 Å². The van der Waals surface area contributed by atoms with E-state index in [1.165, 1.54) is 0 Å². The van der Waals surface area contributed by atoms with E-state index < -0.39 is 0 Å². The Bertz CT molecular complexity index is 488. The van der Waals surface area contributed by atoms with Crippen molar-refractivity contribution in [3.63, 3.8) is 0 Å². The number of nitrogens with one attached hydrogen (secondary N) is 1. The molecule has 1 N–H and O–H groups in total. The minimum Gasteiger partial charge on any atom is -0.459 e. The van der Waals surface area contributed by atoms with Crippen molar-refractivity contribution in [3.8, 4) is 0 Å². The molecule has 0 aliphatic rings. The lowest BCUT2D eigenvalue weighted by atomic mass is 10.2. The van der Waals surface area contributed by atoms with Gasteiger partial charge in [0.05, 0.1) is 18.2 Å². The first-order valence-corrected chi connectivity index (χ1v) is 7.29. The molecule has 22 heavy (non-hydrogen) atoms. The number of esters is 1. The van der Waals surface area contributed by atoms with E-state index >= 15 is 0 Å². The highest BCUT2D eigenvalue weighted by Crippen LogP contribution is 2.12. The van der Waals surface area contributed by atoms with Crippen LogP contribution in [-0.2, 0) is 9.53 Å². The molecule has 1 aromatic rings. The number of hydrogen-bond donors (Lipinski definition) is 1. The molecule has 5 nitrogen and oxygen atoms in total. The minimum atomic E-state index is -0.384. The van der Waals surface area contributed by atoms with Crippen LogP contribution in [0, 0.1) is 0 Å². The lowest BCUT2D eigenvalue weighted by Crippen LogP contribution is -2.32. The molecule has 6 heteroatoms. The molecule has 0 bridgehead atoms. The number of carbonyl (C=O) groups excluding carboxylic acids is 2. The van der Waals surface area contributed by atoms with Gasteiger partial charge in [-0.1, -0.05) is 19.9 Å². The number of ether oxygens (including phenoxy) is 1. The zero-order valence-corrected chi connectivity index (χ0v) is 14.4. The molecule has 0 saturated heterocycles. The van der Waals surface area contributed by atoms with Crippen LogP contribution in [0.2, 0.25) is 0 Å². The fourth-order valence-electron chi connectivity index (χ4n) is 1.86. The van der Waals surface area contributed by atoms with Gasteiger partial charge in [0.25, 0.3) is 0 Å². The maximum atomic E-state index is 11.9. The highest BCUT2D eigenvalue weighted by Gasteiger charge is 2.11. The third-order valence-electron chi connectivity index (χ3n) is 2.99. The number of halogens is 1. The van der Waals surface area contributed by atoms with Gasteiger partial charge >= 0.3 is 5.97 Å². The third-order valence-corrected chi connectivity index (χ3v) is 2.99. The van der Waals surface area contributed by atoms with Crippen LogP contribution in [0.25, 0.3) is 0 Å². The second-order valence-electron chi connectivity index (χ2n) is 5.04. The summed E-state index contributed by atoms with van der Waals surface area (Å²) in [5, 5.41) is 2.80. The second kappa shape index (κ2) is 10.2. The fraction of sp³-hybridized carbons (Fsp3) is 0.500. The monoisotopic (exact) mass is 328 g/mol. The lowest BCUT2D eigenvalue weighted by Gasteiger charge is -2.17. The van der Waals surface area contributed by atoms with Crippen molar-refractivity contribution in [2.24, 2.45) is 0 Å². The van der Waals surface area contributed by atoms with Crippen LogP contribution in [0.15, 0.2) is 24.3 Å². The number of benzene rings is 1. The van der Waals surface area contributed by atoms with Crippen molar-refractivity contribution in [2.45, 2.75) is 33.8 Å². The Balaban J connectivity index is 0.00000441. The van der Waals surface area contributed by atoms with Gasteiger partial charge in [0.15, 0.2) is 0 Å². The zero-order chi connectivity index (χ0) is 15.8. The SMILES string of the molecule is CCN(CC)CC(=O)Nc1cccc(C(=O)OC(C)C)c1.Cl. The molecule has 0 aliphatic carbocycles. The van der Waals surface area contributed by atoms with Crippen LogP contribution in [0.5, 0.6) is 0 Å². The summed E-state index contributed by atoms with van der Waals surface area (Å²) < 4.78 is 5.14. The molecule has 0 saturated carbocycles. The van der Waals surface area contributed by atoms with E-state index in [1.54, 1.807) is 38.1 Å². The molecule has 1 aromatic carbocycles. The predicted octanol–water partition coefficient (Wildman–Crippen LogP) is 2.95. The van der Waals surface area contributed by atoms with Crippen LogP contribution in [0.1, 0.15) is 38.1 Å². The molecule has 0 fully saturated rings. The van der Waals surface area contributed by atoms with Crippen LogP contribution in [0.4, 0.5) is 5.69 Å². The van der Waals surface area contributed by atoms with Crippen LogP contribution < -0.4 is 5.32 Å². The molecular formula is C16H25ClN2O3. The van der Waals surface area contributed by atoms with Crippen molar-refractivity contribution >= 4 is 30.0 Å². The molecule has 0 aliphatic heterocycles. The van der Waals surface area contributed by atoms with Crippen molar-refractivity contribution in [2.75, 3.05) is 25.0 Å². The molecule has 0 aromatic heterocycles. The van der Waals surface area contributed by atoms with Crippen molar-refractivity contribution in [1.29, 1.82) is 0 Å². The summed E-state index contributed by atoms with van der Waals surface area (Å²) in [5.41, 5.74) is 1.04. The molecule has 0 radical (unpaired) electrons. The summed E-state index contributed by atoms with van der Waals surface area (Å²) in [6.07, 6.45) is -0.168. The Hall–Kier alpha value is -1.59. The topological polar surface area (TPSA) is 58.6 Å². The van der Waals surface area contributed by atoms with E-state index in [9.17, 15) is 9.59 Å². The summed E-state index contributed by atoms with van der Waals surface area (Å²) in [5.74, 6) is -0.474. The fourth-order valence-corrected chi connectivity index (χ4v) is 1.86. The smallest absolute Gasteiger partial charge is 0.338 e. The standard InChI is InChI=1S/C16H24N2O3.ClH/c1-5-18(6-2)11-15(19)17-14-9-7-8-13(10-14)16(20)21-12(3)4;/h7-10,12H,5-6,11H2,1-4H3,(H,17,19);1H. The maximum absolute atomic E-state index is 11.9. The lowest BCUT2D eigenvalue weighted by molar-refractivity contribution is -0.117. The number of hydrogen-bond acceptors (Lipinski definition) is 4. The van der Waals surface area contributed by atoms with Gasteiger partial charge in [-0.3, -0.25) is 9.69 Å². The highest BCUT2D eigenvalue weighted by atomic mass is 35.5. The van der Waals surface area contributed by atoms with Crippen molar-refractivity contribution < 1.29 is 14.3 Å². The molecule has 124 valence electrons. The highest BCUT2D eigenvalue weighted by molar-refractivity contribution is 5.95. The van der Waals surface area contributed by atoms with Gasteiger partial charge in [-0.15, -0.1) is 12.4 Å². The molecule has 0 atom stereocenters. The van der Waals surface area contributed by atoms with Gasteiger partial charge < -0.3 is 10.1 Å². The van der Waals surface area contributed by atoms with E-state index in [0.717, 1.165) is 13.1 Å². The van der Waals surface area contributed by atoms with E-state index in [0.29, 0.717) is 17.8 Å². The summed E-state index contributed by atoms with van der Waals surface area (Å²) in [6.45, 7) is 9.61. The van der Waals surface area contributed by atoms with Crippen LogP contribution in [-0.4, -0.2) is 42.5 Å². The Morgan fingerprint density at radius 3 is 2.41 bits per heavy atom. The van der Waals surface area contributed by atoms with Crippen molar-refractivity contribution in [1.82, 2.24) is 4.90 Å². The first-order chi connectivity index (χ1) is 9.96. The van der Waals surface area contributed by atoms with Gasteiger partial charge in [0.2, 0.25) is 5.91 Å². The van der Waals surface area contributed by atoms with E-state index in [4.69, 9.17) is 4.74 Å². The number of carbonyl (C=O) groups is 2. The van der Waals surface area contributed by atoms with E-state index in [2.05, 4.69) is 5.32 Å². The molecular weight excluding hydrogens is 304 g/mol. The molecule has 1 amide bonds. The molecule has 0 heterocycles. The summed E-state index contributed by atoms with van der Waals surface area (Å²) in [6, 6.07) is 6.78. The average Bonchev–Trinajstić information content (AvgIpc) is 2.44. The van der Waals surface area contributed by atoms with Gasteiger partial charge in [-0.05, 0) is 45.1 Å². The zero-order valence-electron chi connectivity index (χ0n) is 13.6. The average molecular weight is 329 g/mol. The number of likely N-dealkylation sites (N-methyl/N-ethyl adjacent to an activating group) is 1. The number of amides is 1. The Morgan fingerprint density at radius 1 is 1.23 bits per heavy atom. The van der Waals surface area contributed by atoms with Gasteiger partial charge in [-0.25, -0.2) is 4.79 Å². The third kappa shape index (κ3) is 6.91. The van der Waals surface area contributed by atoms with Gasteiger partial charge in [0, 0.05) is 5.69 Å². The molecule has 0 unspecified atom stereocenters. The Labute approximate surface area is 138 Å². The maximum Gasteiger partial charge on any atom is 0.338 e. The quantitative estimate of drug-likeness (QED) is 0.782. The molecule has 1 rings (SSSR count). The number of anilines is 1. The minimum absolute atomic E-state index is 0. The first kappa shape index (κ1) is 20.4. The van der Waals surface area contributed by atoms with E-state index in [-0.39, 0.29) is 30.4 Å². The van der Waals surface area contributed by atoms with Crippen LogP contribution in [0.3, 0.4) is 0 Å². The Morgan fingerprint density at radius 2 is 1.86 bits per heavy atom. The largest absolute Gasteiger partial charge is 0.459 e. The Kier molecular flexibility index (Phi) is 9.45. The number of nitrogens with zero attached hydrogens (tertiary/aromatic N) is 1.